The molecule has 1 unspecified atom stereocenters. The van der Waals surface area contributed by atoms with Crippen LogP contribution in [-0.4, -0.2) is 49.4 Å². The normalized spacial score (nSPS) is 21.2. The van der Waals surface area contributed by atoms with Crippen LogP contribution >= 0.6 is 11.6 Å². The zero-order valence-corrected chi connectivity index (χ0v) is 15.4. The number of rotatable bonds is 4. The largest absolute Gasteiger partial charge is 0.495 e. The Labute approximate surface area is 157 Å². The molecule has 0 aromatic heterocycles. The van der Waals surface area contributed by atoms with E-state index in [1.807, 2.05) is 0 Å². The minimum atomic E-state index is -0.406. The third kappa shape index (κ3) is 3.62. The van der Waals surface area contributed by atoms with Gasteiger partial charge in [-0.3, -0.25) is 14.4 Å². The monoisotopic (exact) mass is 379 g/mol. The van der Waals surface area contributed by atoms with Crippen LogP contribution in [0.1, 0.15) is 19.3 Å². The molecule has 2 saturated heterocycles. The van der Waals surface area contributed by atoms with Gasteiger partial charge in [-0.25, -0.2) is 0 Å². The molecule has 2 N–H and O–H groups in total. The predicted octanol–water partition coefficient (Wildman–Crippen LogP) is 1.43. The Morgan fingerprint density at radius 3 is 2.54 bits per heavy atom. The lowest BCUT2D eigenvalue weighted by atomic mass is 9.95. The average Bonchev–Trinajstić information content (AvgIpc) is 3.02. The number of piperidine rings is 1. The van der Waals surface area contributed by atoms with Crippen molar-refractivity contribution in [1.29, 1.82) is 0 Å². The number of nitrogens with zero attached hydrogens (tertiary/aromatic N) is 2. The number of likely N-dealkylation sites (tertiary alicyclic amines) is 1. The van der Waals surface area contributed by atoms with Crippen molar-refractivity contribution in [2.24, 2.45) is 17.6 Å². The summed E-state index contributed by atoms with van der Waals surface area (Å²) < 4.78 is 5.32. The summed E-state index contributed by atoms with van der Waals surface area (Å²) >= 11 is 6.05. The van der Waals surface area contributed by atoms with Crippen LogP contribution in [0.4, 0.5) is 5.69 Å². The minimum absolute atomic E-state index is 0.0511. The summed E-state index contributed by atoms with van der Waals surface area (Å²) in [7, 11) is 1.53. The van der Waals surface area contributed by atoms with Crippen molar-refractivity contribution in [3.05, 3.63) is 23.2 Å². The summed E-state index contributed by atoms with van der Waals surface area (Å²) in [5.74, 6) is -0.529. The third-order valence-electron chi connectivity index (χ3n) is 5.11. The predicted molar refractivity (Wildman–Crippen MR) is 97.0 cm³/mol. The van der Waals surface area contributed by atoms with Crippen LogP contribution < -0.4 is 15.4 Å². The number of nitrogens with two attached hydrogens (primary N) is 1. The van der Waals surface area contributed by atoms with E-state index < -0.39 is 5.92 Å². The van der Waals surface area contributed by atoms with Gasteiger partial charge in [0.2, 0.25) is 17.7 Å². The Bertz CT molecular complexity index is 731. The van der Waals surface area contributed by atoms with Gasteiger partial charge in [0, 0.05) is 37.0 Å². The van der Waals surface area contributed by atoms with E-state index in [9.17, 15) is 14.4 Å². The molecule has 140 valence electrons. The highest BCUT2D eigenvalue weighted by Crippen LogP contribution is 2.35. The summed E-state index contributed by atoms with van der Waals surface area (Å²) in [6, 6.07) is 5.06. The molecule has 26 heavy (non-hydrogen) atoms. The van der Waals surface area contributed by atoms with Gasteiger partial charge in [-0.05, 0) is 31.0 Å². The van der Waals surface area contributed by atoms with Crippen LogP contribution in [0.15, 0.2) is 18.2 Å². The van der Waals surface area contributed by atoms with E-state index in [0.717, 1.165) is 0 Å². The molecule has 1 aromatic carbocycles. The molecule has 0 saturated carbocycles. The highest BCUT2D eigenvalue weighted by molar-refractivity contribution is 6.31. The SMILES string of the molecule is COc1ccc(Cl)cc1N1CC(C(=O)N2CCC(C(N)=O)CC2)CC1=O. The molecular formula is C18H22ClN3O4. The number of carbonyl (C=O) groups is 3. The number of primary amides is 1. The first-order valence-electron chi connectivity index (χ1n) is 8.62. The van der Waals surface area contributed by atoms with Crippen LogP contribution in [0.3, 0.4) is 0 Å². The fraction of sp³-hybridized carbons (Fsp3) is 0.500. The van der Waals surface area contributed by atoms with Crippen LogP contribution in [0.2, 0.25) is 5.02 Å². The molecule has 2 aliphatic heterocycles. The Morgan fingerprint density at radius 1 is 1.23 bits per heavy atom. The standard InChI is InChI=1S/C18H22ClN3O4/c1-26-15-3-2-13(19)9-14(15)22-10-12(8-16(22)23)18(25)21-6-4-11(5-7-21)17(20)24/h2-3,9,11-12H,4-8,10H2,1H3,(H2,20,24). The van der Waals surface area contributed by atoms with Crippen molar-refractivity contribution in [2.75, 3.05) is 31.6 Å². The van der Waals surface area contributed by atoms with Crippen molar-refractivity contribution in [3.8, 4) is 5.75 Å². The summed E-state index contributed by atoms with van der Waals surface area (Å²) in [5, 5.41) is 0.497. The van der Waals surface area contributed by atoms with E-state index in [1.165, 1.54) is 7.11 Å². The fourth-order valence-corrected chi connectivity index (χ4v) is 3.79. The van der Waals surface area contributed by atoms with E-state index in [1.54, 1.807) is 28.0 Å². The number of anilines is 1. The molecule has 0 aliphatic carbocycles. The second kappa shape index (κ2) is 7.53. The molecule has 3 amide bonds. The van der Waals surface area contributed by atoms with Crippen molar-refractivity contribution in [1.82, 2.24) is 4.90 Å². The number of halogens is 1. The van der Waals surface area contributed by atoms with Gasteiger partial charge in [0.05, 0.1) is 18.7 Å². The molecule has 3 rings (SSSR count). The Balaban J connectivity index is 1.69. The molecule has 2 aliphatic rings. The van der Waals surface area contributed by atoms with Crippen molar-refractivity contribution >= 4 is 35.0 Å². The zero-order chi connectivity index (χ0) is 18.8. The lowest BCUT2D eigenvalue weighted by Crippen LogP contribution is -2.44. The van der Waals surface area contributed by atoms with E-state index in [2.05, 4.69) is 0 Å². The minimum Gasteiger partial charge on any atom is -0.495 e. The summed E-state index contributed by atoms with van der Waals surface area (Å²) in [5.41, 5.74) is 5.91. The van der Waals surface area contributed by atoms with Gasteiger partial charge in [0.15, 0.2) is 0 Å². The number of hydrogen-bond donors (Lipinski definition) is 1. The molecule has 7 nitrogen and oxygen atoms in total. The molecule has 2 fully saturated rings. The maximum Gasteiger partial charge on any atom is 0.228 e. The third-order valence-corrected chi connectivity index (χ3v) is 5.35. The van der Waals surface area contributed by atoms with Crippen LogP contribution in [0.5, 0.6) is 5.75 Å². The van der Waals surface area contributed by atoms with Gasteiger partial charge >= 0.3 is 0 Å². The quantitative estimate of drug-likeness (QED) is 0.856. The van der Waals surface area contributed by atoms with Crippen LogP contribution in [-0.2, 0) is 14.4 Å². The van der Waals surface area contributed by atoms with Gasteiger partial charge in [0.1, 0.15) is 5.75 Å². The lowest BCUT2D eigenvalue weighted by Gasteiger charge is -2.32. The molecule has 8 heteroatoms. The molecule has 0 radical (unpaired) electrons. The van der Waals surface area contributed by atoms with E-state index in [-0.39, 0.29) is 30.1 Å². The molecule has 2 heterocycles. The number of hydrogen-bond acceptors (Lipinski definition) is 4. The summed E-state index contributed by atoms with van der Waals surface area (Å²) in [4.78, 5) is 39.8. The number of carbonyl (C=O) groups excluding carboxylic acids is 3. The van der Waals surface area contributed by atoms with Crippen molar-refractivity contribution in [3.63, 3.8) is 0 Å². The molecule has 1 aromatic rings. The van der Waals surface area contributed by atoms with Crippen LogP contribution in [0, 0.1) is 11.8 Å². The molecule has 1 atom stereocenters. The molecule has 0 spiro atoms. The highest BCUT2D eigenvalue weighted by Gasteiger charge is 2.39. The number of amides is 3. The highest BCUT2D eigenvalue weighted by atomic mass is 35.5. The summed E-state index contributed by atoms with van der Waals surface area (Å²) in [6.07, 6.45) is 1.31. The molecular weight excluding hydrogens is 358 g/mol. The maximum atomic E-state index is 12.8. The lowest BCUT2D eigenvalue weighted by molar-refractivity contribution is -0.138. The number of benzene rings is 1. The Hall–Kier alpha value is -2.28. The summed E-state index contributed by atoms with van der Waals surface area (Å²) in [6.45, 7) is 1.29. The van der Waals surface area contributed by atoms with Crippen molar-refractivity contribution in [2.45, 2.75) is 19.3 Å². The zero-order valence-electron chi connectivity index (χ0n) is 14.6. The van der Waals surface area contributed by atoms with E-state index in [0.29, 0.717) is 48.9 Å². The first-order valence-corrected chi connectivity index (χ1v) is 9.00. The number of ether oxygens (including phenoxy) is 1. The Kier molecular flexibility index (Phi) is 5.36. The van der Waals surface area contributed by atoms with Gasteiger partial charge in [-0.15, -0.1) is 0 Å². The first-order chi connectivity index (χ1) is 12.4. The smallest absolute Gasteiger partial charge is 0.228 e. The van der Waals surface area contributed by atoms with E-state index >= 15 is 0 Å². The Morgan fingerprint density at radius 2 is 1.92 bits per heavy atom. The van der Waals surface area contributed by atoms with Crippen LogP contribution in [0.25, 0.3) is 0 Å². The number of methoxy groups -OCH3 is 1. The van der Waals surface area contributed by atoms with Gasteiger partial charge in [-0.2, -0.15) is 0 Å². The maximum absolute atomic E-state index is 12.8. The second-order valence-electron chi connectivity index (χ2n) is 6.72. The average molecular weight is 380 g/mol. The van der Waals surface area contributed by atoms with Gasteiger partial charge in [0.25, 0.3) is 0 Å². The molecule has 0 bridgehead atoms. The van der Waals surface area contributed by atoms with Crippen molar-refractivity contribution < 1.29 is 19.1 Å². The first kappa shape index (κ1) is 18.5. The fourth-order valence-electron chi connectivity index (χ4n) is 3.62. The second-order valence-corrected chi connectivity index (χ2v) is 7.16. The van der Waals surface area contributed by atoms with Gasteiger partial charge < -0.3 is 20.3 Å². The van der Waals surface area contributed by atoms with E-state index in [4.69, 9.17) is 22.1 Å². The van der Waals surface area contributed by atoms with Gasteiger partial charge in [-0.1, -0.05) is 11.6 Å². The topological polar surface area (TPSA) is 92.9 Å².